The van der Waals surface area contributed by atoms with Crippen molar-refractivity contribution in [1.29, 1.82) is 0 Å². The van der Waals surface area contributed by atoms with E-state index in [9.17, 15) is 0 Å². The van der Waals surface area contributed by atoms with E-state index < -0.39 is 0 Å². The zero-order chi connectivity index (χ0) is 9.68. The third-order valence-electron chi connectivity index (χ3n) is 2.57. The maximum atomic E-state index is 2.38. The van der Waals surface area contributed by atoms with E-state index in [1.807, 2.05) is 13.8 Å². The molecule has 0 unspecified atom stereocenters. The summed E-state index contributed by atoms with van der Waals surface area (Å²) in [6, 6.07) is 6.95. The van der Waals surface area contributed by atoms with Gasteiger partial charge in [-0.1, -0.05) is 39.0 Å². The number of rotatable bonds is 1. The molecule has 0 atom stereocenters. The van der Waals surface area contributed by atoms with E-state index in [4.69, 9.17) is 0 Å². The van der Waals surface area contributed by atoms with Gasteiger partial charge in [0, 0.05) is 0 Å². The van der Waals surface area contributed by atoms with Gasteiger partial charge in [0.2, 0.25) is 0 Å². The molecule has 0 amide bonds. The van der Waals surface area contributed by atoms with Crippen LogP contribution in [0.2, 0.25) is 0 Å². The normalized spacial score (nSPS) is 13.2. The molecular formula is C13H20. The summed E-state index contributed by atoms with van der Waals surface area (Å²) in [5, 5.41) is 0. The third kappa shape index (κ3) is 2.33. The minimum Gasteiger partial charge on any atom is -0.0683 e. The Kier molecular flexibility index (Phi) is 4.01. The Morgan fingerprint density at radius 2 is 1.77 bits per heavy atom. The van der Waals surface area contributed by atoms with Crippen molar-refractivity contribution < 1.29 is 0 Å². The standard InChI is InChI=1S/C11H14.C2H6/c1-2-9-6-7-10-4-3-5-11(10)8-9;1-2/h6-8H,2-5H2,1H3;1-2H3. The molecule has 0 aromatic heterocycles. The molecule has 1 aliphatic carbocycles. The molecule has 1 aromatic rings. The van der Waals surface area contributed by atoms with Gasteiger partial charge in [-0.05, 0) is 42.4 Å². The lowest BCUT2D eigenvalue weighted by Gasteiger charge is -2.00. The van der Waals surface area contributed by atoms with Crippen molar-refractivity contribution >= 4 is 0 Å². The number of aryl methyl sites for hydroxylation is 3. The third-order valence-corrected chi connectivity index (χ3v) is 2.57. The fourth-order valence-corrected chi connectivity index (χ4v) is 1.85. The Bertz CT molecular complexity index is 261. The van der Waals surface area contributed by atoms with Crippen molar-refractivity contribution in [3.63, 3.8) is 0 Å². The smallest absolute Gasteiger partial charge is 0.0273 e. The second kappa shape index (κ2) is 5.06. The molecule has 13 heavy (non-hydrogen) atoms. The predicted molar refractivity (Wildman–Crippen MR) is 59.2 cm³/mol. The summed E-state index contributed by atoms with van der Waals surface area (Å²) < 4.78 is 0. The van der Waals surface area contributed by atoms with Gasteiger partial charge in [-0.2, -0.15) is 0 Å². The molecule has 0 saturated heterocycles. The number of fused-ring (bicyclic) bond motifs is 1. The van der Waals surface area contributed by atoms with Gasteiger partial charge in [-0.15, -0.1) is 0 Å². The average Bonchev–Trinajstić information content (AvgIpc) is 2.67. The first-order valence-corrected chi connectivity index (χ1v) is 5.51. The number of hydrogen-bond acceptors (Lipinski definition) is 0. The van der Waals surface area contributed by atoms with E-state index >= 15 is 0 Å². The summed E-state index contributed by atoms with van der Waals surface area (Å²) in [4.78, 5) is 0. The SMILES string of the molecule is CC.CCc1ccc2c(c1)CCC2. The van der Waals surface area contributed by atoms with E-state index in [1.54, 1.807) is 11.1 Å². The quantitative estimate of drug-likeness (QED) is 0.611. The van der Waals surface area contributed by atoms with Crippen LogP contribution in [-0.4, -0.2) is 0 Å². The van der Waals surface area contributed by atoms with Crippen LogP contribution in [0.1, 0.15) is 43.9 Å². The summed E-state index contributed by atoms with van der Waals surface area (Å²) in [6.07, 6.45) is 5.15. The van der Waals surface area contributed by atoms with Gasteiger partial charge in [-0.3, -0.25) is 0 Å². The molecular weight excluding hydrogens is 156 g/mol. The van der Waals surface area contributed by atoms with Crippen LogP contribution in [-0.2, 0) is 19.3 Å². The van der Waals surface area contributed by atoms with Crippen LogP contribution in [0, 0.1) is 0 Å². The Balaban J connectivity index is 0.000000396. The molecule has 0 nitrogen and oxygen atoms in total. The number of benzene rings is 1. The van der Waals surface area contributed by atoms with Crippen molar-refractivity contribution in [3.05, 3.63) is 34.9 Å². The highest BCUT2D eigenvalue weighted by Crippen LogP contribution is 2.22. The summed E-state index contributed by atoms with van der Waals surface area (Å²) in [6.45, 7) is 6.22. The van der Waals surface area contributed by atoms with Gasteiger partial charge in [-0.25, -0.2) is 0 Å². The Labute approximate surface area is 82.0 Å². The summed E-state index contributed by atoms with van der Waals surface area (Å²) in [7, 11) is 0. The van der Waals surface area contributed by atoms with Crippen LogP contribution < -0.4 is 0 Å². The van der Waals surface area contributed by atoms with Crippen LogP contribution in [0.25, 0.3) is 0 Å². The zero-order valence-electron chi connectivity index (χ0n) is 9.06. The van der Waals surface area contributed by atoms with Crippen molar-refractivity contribution in [2.24, 2.45) is 0 Å². The maximum absolute atomic E-state index is 2.38. The second-order valence-electron chi connectivity index (χ2n) is 3.31. The van der Waals surface area contributed by atoms with Crippen molar-refractivity contribution in [3.8, 4) is 0 Å². The lowest BCUT2D eigenvalue weighted by atomic mass is 10.1. The van der Waals surface area contributed by atoms with Crippen LogP contribution in [0.3, 0.4) is 0 Å². The van der Waals surface area contributed by atoms with E-state index in [0.717, 1.165) is 0 Å². The van der Waals surface area contributed by atoms with Crippen molar-refractivity contribution in [1.82, 2.24) is 0 Å². The first-order valence-electron chi connectivity index (χ1n) is 5.51. The topological polar surface area (TPSA) is 0 Å². The van der Waals surface area contributed by atoms with Crippen LogP contribution in [0.5, 0.6) is 0 Å². The highest BCUT2D eigenvalue weighted by molar-refractivity contribution is 5.35. The van der Waals surface area contributed by atoms with Crippen LogP contribution >= 0.6 is 0 Å². The minimum atomic E-state index is 1.17. The second-order valence-corrected chi connectivity index (χ2v) is 3.31. The maximum Gasteiger partial charge on any atom is -0.0273 e. The molecule has 0 saturated carbocycles. The fourth-order valence-electron chi connectivity index (χ4n) is 1.85. The molecule has 0 spiro atoms. The molecule has 0 heteroatoms. The Morgan fingerprint density at radius 1 is 1.08 bits per heavy atom. The molecule has 1 aliphatic rings. The van der Waals surface area contributed by atoms with E-state index in [0.29, 0.717) is 0 Å². The molecule has 72 valence electrons. The highest BCUT2D eigenvalue weighted by Gasteiger charge is 2.09. The number of hydrogen-bond donors (Lipinski definition) is 0. The summed E-state index contributed by atoms with van der Waals surface area (Å²) in [5.41, 5.74) is 4.68. The fraction of sp³-hybridized carbons (Fsp3) is 0.538. The van der Waals surface area contributed by atoms with E-state index in [2.05, 4.69) is 25.1 Å². The van der Waals surface area contributed by atoms with Gasteiger partial charge < -0.3 is 0 Å². The van der Waals surface area contributed by atoms with Crippen molar-refractivity contribution in [2.75, 3.05) is 0 Å². The van der Waals surface area contributed by atoms with Crippen molar-refractivity contribution in [2.45, 2.75) is 46.5 Å². The van der Waals surface area contributed by atoms with Crippen LogP contribution in [0.15, 0.2) is 18.2 Å². The predicted octanol–water partition coefficient (Wildman–Crippen LogP) is 3.76. The molecule has 0 heterocycles. The van der Waals surface area contributed by atoms with Gasteiger partial charge in [0.15, 0.2) is 0 Å². The van der Waals surface area contributed by atoms with Gasteiger partial charge in [0.25, 0.3) is 0 Å². The zero-order valence-corrected chi connectivity index (χ0v) is 9.06. The Morgan fingerprint density at radius 3 is 2.46 bits per heavy atom. The summed E-state index contributed by atoms with van der Waals surface area (Å²) >= 11 is 0. The molecule has 0 N–H and O–H groups in total. The van der Waals surface area contributed by atoms with Gasteiger partial charge >= 0.3 is 0 Å². The average molecular weight is 176 g/mol. The lowest BCUT2D eigenvalue weighted by Crippen LogP contribution is -1.85. The molecule has 0 fully saturated rings. The monoisotopic (exact) mass is 176 g/mol. The molecule has 0 bridgehead atoms. The minimum absolute atomic E-state index is 1.17. The Hall–Kier alpha value is -0.780. The van der Waals surface area contributed by atoms with E-state index in [-0.39, 0.29) is 0 Å². The molecule has 0 aliphatic heterocycles. The summed E-state index contributed by atoms with van der Waals surface area (Å²) in [5.74, 6) is 0. The van der Waals surface area contributed by atoms with Crippen LogP contribution in [0.4, 0.5) is 0 Å². The lowest BCUT2D eigenvalue weighted by molar-refractivity contribution is 0.911. The molecule has 2 rings (SSSR count). The molecule has 1 aromatic carbocycles. The first kappa shape index (κ1) is 10.3. The first-order chi connectivity index (χ1) is 6.40. The molecule has 0 radical (unpaired) electrons. The van der Waals surface area contributed by atoms with E-state index in [1.165, 1.54) is 31.2 Å². The van der Waals surface area contributed by atoms with Gasteiger partial charge in [0.05, 0.1) is 0 Å². The van der Waals surface area contributed by atoms with Gasteiger partial charge in [0.1, 0.15) is 0 Å². The largest absolute Gasteiger partial charge is 0.0683 e. The highest BCUT2D eigenvalue weighted by atomic mass is 14.1.